The van der Waals surface area contributed by atoms with E-state index in [0.29, 0.717) is 18.7 Å². The molecule has 0 aromatic carbocycles. The Balaban J connectivity index is 2.59. The van der Waals surface area contributed by atoms with Gasteiger partial charge in [-0.2, -0.15) is 0 Å². The van der Waals surface area contributed by atoms with Crippen LogP contribution in [0.4, 0.5) is 0 Å². The Bertz CT molecular complexity index is 375. The van der Waals surface area contributed by atoms with E-state index in [2.05, 4.69) is 10.3 Å². The molecule has 0 fully saturated rings. The molecule has 0 atom stereocenters. The molecule has 0 radical (unpaired) electrons. The first-order chi connectivity index (χ1) is 7.92. The molecular formula is C12H21N3O2. The third kappa shape index (κ3) is 3.06. The summed E-state index contributed by atoms with van der Waals surface area (Å²) in [4.78, 5) is 16.1. The highest BCUT2D eigenvalue weighted by Gasteiger charge is 2.29. The van der Waals surface area contributed by atoms with Gasteiger partial charge in [0.2, 0.25) is 11.8 Å². The Kier molecular flexibility index (Phi) is 4.28. The summed E-state index contributed by atoms with van der Waals surface area (Å²) in [5, 5.41) is 2.76. The summed E-state index contributed by atoms with van der Waals surface area (Å²) in [5.41, 5.74) is 6.03. The average molecular weight is 239 g/mol. The lowest BCUT2D eigenvalue weighted by atomic mass is 9.93. The van der Waals surface area contributed by atoms with Gasteiger partial charge in [0.05, 0.1) is 17.8 Å². The normalized spacial score (nSPS) is 11.6. The number of rotatable bonds is 5. The van der Waals surface area contributed by atoms with Gasteiger partial charge < -0.3 is 15.5 Å². The lowest BCUT2D eigenvalue weighted by Gasteiger charge is -2.24. The van der Waals surface area contributed by atoms with E-state index in [-0.39, 0.29) is 12.5 Å². The van der Waals surface area contributed by atoms with Crippen molar-refractivity contribution < 1.29 is 9.21 Å². The minimum atomic E-state index is -0.795. The minimum absolute atomic E-state index is 0.156. The first-order valence-corrected chi connectivity index (χ1v) is 5.93. The van der Waals surface area contributed by atoms with Gasteiger partial charge in [-0.05, 0) is 26.7 Å². The third-order valence-electron chi connectivity index (χ3n) is 3.19. The largest absolute Gasteiger partial charge is 0.444 e. The van der Waals surface area contributed by atoms with E-state index in [1.54, 1.807) is 0 Å². The number of aryl methyl sites for hydroxylation is 2. The Labute approximate surface area is 102 Å². The SMILES string of the molecule is CCC(N)(CC)C(=O)NCc1nc(C)c(C)o1. The predicted octanol–water partition coefficient (Wildman–Crippen LogP) is 1.43. The van der Waals surface area contributed by atoms with Crippen LogP contribution in [-0.4, -0.2) is 16.4 Å². The minimum Gasteiger partial charge on any atom is -0.444 e. The molecule has 0 unspecified atom stereocenters. The maximum atomic E-state index is 11.9. The Morgan fingerprint density at radius 2 is 2.00 bits per heavy atom. The Morgan fingerprint density at radius 1 is 1.41 bits per heavy atom. The van der Waals surface area contributed by atoms with Gasteiger partial charge in [0.15, 0.2) is 0 Å². The van der Waals surface area contributed by atoms with E-state index in [1.165, 1.54) is 0 Å². The summed E-state index contributed by atoms with van der Waals surface area (Å²) in [6.07, 6.45) is 1.22. The molecule has 17 heavy (non-hydrogen) atoms. The zero-order chi connectivity index (χ0) is 13.1. The zero-order valence-electron chi connectivity index (χ0n) is 11.0. The molecule has 1 heterocycles. The second kappa shape index (κ2) is 5.31. The lowest BCUT2D eigenvalue weighted by Crippen LogP contribution is -2.52. The Morgan fingerprint density at radius 3 is 2.41 bits per heavy atom. The molecule has 0 aliphatic heterocycles. The first-order valence-electron chi connectivity index (χ1n) is 5.93. The van der Waals surface area contributed by atoms with Crippen molar-refractivity contribution in [2.24, 2.45) is 5.73 Å². The van der Waals surface area contributed by atoms with Gasteiger partial charge in [-0.15, -0.1) is 0 Å². The van der Waals surface area contributed by atoms with E-state index in [4.69, 9.17) is 10.2 Å². The molecule has 5 heteroatoms. The maximum absolute atomic E-state index is 11.9. The van der Waals surface area contributed by atoms with Crippen LogP contribution >= 0.6 is 0 Å². The van der Waals surface area contributed by atoms with Crippen molar-refractivity contribution in [3.63, 3.8) is 0 Å². The van der Waals surface area contributed by atoms with Crippen molar-refractivity contribution >= 4 is 5.91 Å². The van der Waals surface area contributed by atoms with Crippen LogP contribution in [0.25, 0.3) is 0 Å². The monoisotopic (exact) mass is 239 g/mol. The van der Waals surface area contributed by atoms with E-state index >= 15 is 0 Å². The van der Waals surface area contributed by atoms with Gasteiger partial charge in [-0.3, -0.25) is 4.79 Å². The van der Waals surface area contributed by atoms with Crippen LogP contribution in [-0.2, 0) is 11.3 Å². The number of carbonyl (C=O) groups excluding carboxylic acids is 1. The Hall–Kier alpha value is -1.36. The standard InChI is InChI=1S/C12H21N3O2/c1-5-12(13,6-2)11(16)14-7-10-15-8(3)9(4)17-10/h5-7,13H2,1-4H3,(H,14,16). The highest BCUT2D eigenvalue weighted by Crippen LogP contribution is 2.12. The van der Waals surface area contributed by atoms with E-state index in [1.807, 2.05) is 27.7 Å². The van der Waals surface area contributed by atoms with Crippen molar-refractivity contribution in [1.82, 2.24) is 10.3 Å². The van der Waals surface area contributed by atoms with Crippen LogP contribution in [0.15, 0.2) is 4.42 Å². The molecule has 1 rings (SSSR count). The van der Waals surface area contributed by atoms with Crippen LogP contribution in [0.3, 0.4) is 0 Å². The van der Waals surface area contributed by atoms with Crippen LogP contribution in [0.2, 0.25) is 0 Å². The van der Waals surface area contributed by atoms with E-state index < -0.39 is 5.54 Å². The fourth-order valence-corrected chi connectivity index (χ4v) is 1.52. The molecule has 1 amide bonds. The summed E-state index contributed by atoms with van der Waals surface area (Å²) in [6, 6.07) is 0. The molecule has 0 saturated carbocycles. The number of oxazole rings is 1. The summed E-state index contributed by atoms with van der Waals surface area (Å²) < 4.78 is 5.38. The second-order valence-corrected chi connectivity index (χ2v) is 4.30. The molecule has 3 N–H and O–H groups in total. The average Bonchev–Trinajstić information content (AvgIpc) is 2.64. The summed E-state index contributed by atoms with van der Waals surface area (Å²) in [5.74, 6) is 1.14. The highest BCUT2D eigenvalue weighted by molar-refractivity contribution is 5.85. The fraction of sp³-hybridized carbons (Fsp3) is 0.667. The van der Waals surface area contributed by atoms with Gasteiger partial charge in [-0.1, -0.05) is 13.8 Å². The predicted molar refractivity (Wildman–Crippen MR) is 65.3 cm³/mol. The highest BCUT2D eigenvalue weighted by atomic mass is 16.4. The first kappa shape index (κ1) is 13.7. The van der Waals surface area contributed by atoms with Crippen molar-refractivity contribution in [2.45, 2.75) is 52.6 Å². The number of amides is 1. The number of nitrogens with one attached hydrogen (secondary N) is 1. The molecule has 0 bridgehead atoms. The fourth-order valence-electron chi connectivity index (χ4n) is 1.52. The van der Waals surface area contributed by atoms with Gasteiger partial charge in [-0.25, -0.2) is 4.98 Å². The molecule has 0 aliphatic carbocycles. The maximum Gasteiger partial charge on any atom is 0.240 e. The lowest BCUT2D eigenvalue weighted by molar-refractivity contribution is -0.126. The molecular weight excluding hydrogens is 218 g/mol. The van der Waals surface area contributed by atoms with Gasteiger partial charge in [0.25, 0.3) is 0 Å². The van der Waals surface area contributed by atoms with Gasteiger partial charge >= 0.3 is 0 Å². The van der Waals surface area contributed by atoms with Crippen LogP contribution in [0, 0.1) is 13.8 Å². The molecule has 0 aliphatic rings. The summed E-state index contributed by atoms with van der Waals surface area (Å²) >= 11 is 0. The molecule has 1 aromatic rings. The number of carbonyl (C=O) groups is 1. The van der Waals surface area contributed by atoms with E-state index in [9.17, 15) is 4.79 Å². The molecule has 5 nitrogen and oxygen atoms in total. The quantitative estimate of drug-likeness (QED) is 0.814. The van der Waals surface area contributed by atoms with Crippen molar-refractivity contribution in [3.8, 4) is 0 Å². The van der Waals surface area contributed by atoms with Gasteiger partial charge in [0, 0.05) is 0 Å². The van der Waals surface area contributed by atoms with Crippen LogP contribution in [0.1, 0.15) is 44.0 Å². The number of nitrogens with zero attached hydrogens (tertiary/aromatic N) is 1. The third-order valence-corrected chi connectivity index (χ3v) is 3.19. The van der Waals surface area contributed by atoms with Crippen LogP contribution in [0.5, 0.6) is 0 Å². The van der Waals surface area contributed by atoms with Crippen molar-refractivity contribution in [1.29, 1.82) is 0 Å². The number of nitrogens with two attached hydrogens (primary N) is 1. The molecule has 0 saturated heterocycles. The second-order valence-electron chi connectivity index (χ2n) is 4.30. The summed E-state index contributed by atoms with van der Waals surface area (Å²) in [7, 11) is 0. The molecule has 1 aromatic heterocycles. The topological polar surface area (TPSA) is 81.2 Å². The molecule has 96 valence electrons. The molecule has 0 spiro atoms. The number of hydrogen-bond acceptors (Lipinski definition) is 4. The number of hydrogen-bond donors (Lipinski definition) is 2. The summed E-state index contributed by atoms with van der Waals surface area (Å²) in [6.45, 7) is 7.81. The van der Waals surface area contributed by atoms with Crippen molar-refractivity contribution in [3.05, 3.63) is 17.3 Å². The van der Waals surface area contributed by atoms with Crippen LogP contribution < -0.4 is 11.1 Å². The number of aromatic nitrogens is 1. The van der Waals surface area contributed by atoms with Crippen molar-refractivity contribution in [2.75, 3.05) is 0 Å². The zero-order valence-corrected chi connectivity index (χ0v) is 11.0. The van der Waals surface area contributed by atoms with Gasteiger partial charge in [0.1, 0.15) is 5.76 Å². The smallest absolute Gasteiger partial charge is 0.240 e. The van der Waals surface area contributed by atoms with E-state index in [0.717, 1.165) is 11.5 Å².